The molecular formula is C30H32F2N8O3. The third-order valence-electron chi connectivity index (χ3n) is 7.74. The Labute approximate surface area is 246 Å². The van der Waals surface area contributed by atoms with Crippen molar-refractivity contribution < 1.29 is 23.1 Å². The second kappa shape index (κ2) is 12.3. The minimum Gasteiger partial charge on any atom is -0.435 e. The summed E-state index contributed by atoms with van der Waals surface area (Å²) in [7, 11) is 0. The molecule has 2 aliphatic rings. The van der Waals surface area contributed by atoms with Crippen LogP contribution >= 0.6 is 0 Å². The maximum atomic E-state index is 13.4. The van der Waals surface area contributed by atoms with Gasteiger partial charge in [0.2, 0.25) is 5.91 Å². The van der Waals surface area contributed by atoms with E-state index < -0.39 is 6.61 Å². The van der Waals surface area contributed by atoms with Crippen molar-refractivity contribution in [1.29, 1.82) is 0 Å². The van der Waals surface area contributed by atoms with Gasteiger partial charge in [-0.1, -0.05) is 0 Å². The van der Waals surface area contributed by atoms with Gasteiger partial charge in [-0.15, -0.1) is 0 Å². The molecule has 0 unspecified atom stereocenters. The highest BCUT2D eigenvalue weighted by atomic mass is 19.3. The molecule has 2 aromatic carbocycles. The molecule has 2 aliphatic heterocycles. The minimum atomic E-state index is -2.88. The zero-order valence-corrected chi connectivity index (χ0v) is 23.6. The second-order valence-electron chi connectivity index (χ2n) is 10.5. The summed E-state index contributed by atoms with van der Waals surface area (Å²) in [4.78, 5) is 38.8. The Balaban J connectivity index is 1.12. The summed E-state index contributed by atoms with van der Waals surface area (Å²) in [6.45, 7) is 3.25. The molecule has 4 heterocycles. The van der Waals surface area contributed by atoms with Gasteiger partial charge in [-0.2, -0.15) is 8.78 Å². The van der Waals surface area contributed by atoms with Gasteiger partial charge < -0.3 is 30.5 Å². The van der Waals surface area contributed by atoms with Crippen LogP contribution in [-0.4, -0.2) is 94.4 Å². The first kappa shape index (κ1) is 28.5. The van der Waals surface area contributed by atoms with Crippen molar-refractivity contribution in [2.45, 2.75) is 19.6 Å². The quantitative estimate of drug-likeness (QED) is 0.301. The number of rotatable bonds is 7. The number of halogens is 2. The highest BCUT2D eigenvalue weighted by Gasteiger charge is 2.30. The third-order valence-corrected chi connectivity index (χ3v) is 7.74. The van der Waals surface area contributed by atoms with Crippen molar-refractivity contribution in [3.63, 3.8) is 0 Å². The number of aromatic nitrogens is 3. The van der Waals surface area contributed by atoms with Gasteiger partial charge in [0.1, 0.15) is 5.75 Å². The van der Waals surface area contributed by atoms with E-state index in [1.165, 1.54) is 12.1 Å². The molecule has 43 heavy (non-hydrogen) atoms. The molecule has 1 atom stereocenters. The molecule has 0 spiro atoms. The van der Waals surface area contributed by atoms with E-state index in [4.69, 9.17) is 0 Å². The number of fused-ring (bicyclic) bond motifs is 1. The van der Waals surface area contributed by atoms with Crippen LogP contribution in [0, 0.1) is 6.92 Å². The molecule has 11 nitrogen and oxygen atoms in total. The normalized spacial score (nSPS) is 17.3. The van der Waals surface area contributed by atoms with Gasteiger partial charge in [0, 0.05) is 75.0 Å². The highest BCUT2D eigenvalue weighted by Crippen LogP contribution is 2.28. The Bertz CT molecular complexity index is 1610. The molecule has 2 amide bonds. The number of carbonyl (C=O) groups excluding carboxylic acids is 2. The first-order chi connectivity index (χ1) is 20.9. The Morgan fingerprint density at radius 2 is 1.79 bits per heavy atom. The van der Waals surface area contributed by atoms with Gasteiger partial charge >= 0.3 is 6.61 Å². The van der Waals surface area contributed by atoms with Crippen LogP contribution in [0.15, 0.2) is 61.1 Å². The molecule has 4 aromatic rings. The van der Waals surface area contributed by atoms with Crippen molar-refractivity contribution in [2.24, 2.45) is 0 Å². The Morgan fingerprint density at radius 3 is 2.49 bits per heavy atom. The number of nitrogens with zero attached hydrogens (tertiary/aromatic N) is 5. The number of anilines is 2. The van der Waals surface area contributed by atoms with Gasteiger partial charge in [0.05, 0.1) is 17.9 Å². The smallest absolute Gasteiger partial charge is 0.387 e. The van der Waals surface area contributed by atoms with E-state index >= 15 is 0 Å². The number of alkyl halides is 2. The van der Waals surface area contributed by atoms with E-state index in [0.29, 0.717) is 49.8 Å². The van der Waals surface area contributed by atoms with Crippen molar-refractivity contribution in [3.05, 3.63) is 72.2 Å². The maximum Gasteiger partial charge on any atom is 0.387 e. The van der Waals surface area contributed by atoms with Crippen LogP contribution < -0.4 is 20.7 Å². The fourth-order valence-corrected chi connectivity index (χ4v) is 5.49. The van der Waals surface area contributed by atoms with E-state index in [2.05, 4.69) is 30.7 Å². The van der Waals surface area contributed by atoms with Gasteiger partial charge in [0.25, 0.3) is 5.91 Å². The Morgan fingerprint density at radius 1 is 1.02 bits per heavy atom. The van der Waals surface area contributed by atoms with Crippen LogP contribution in [0.4, 0.5) is 20.3 Å². The molecule has 3 N–H and O–H groups in total. The lowest BCUT2D eigenvalue weighted by Crippen LogP contribution is -2.60. The highest BCUT2D eigenvalue weighted by molar-refractivity contribution is 5.96. The Hall–Kier alpha value is -4.62. The monoisotopic (exact) mass is 590 g/mol. The summed E-state index contributed by atoms with van der Waals surface area (Å²) in [5.74, 6) is 0.623. The van der Waals surface area contributed by atoms with Crippen LogP contribution in [0.2, 0.25) is 0 Å². The van der Waals surface area contributed by atoms with Gasteiger partial charge in [-0.25, -0.2) is 9.97 Å². The lowest BCUT2D eigenvalue weighted by molar-refractivity contribution is -0.135. The standard InChI is InChI=1S/C30H32F2N8O3/c1-19-16-21(4-7-23(19)28(41)38-12-14-39(15-13-38)29(42)24-17-33-8-9-34-24)37-26-27-36-18-25(40(27)11-10-35-26)20-2-5-22(6-3-20)43-30(31)32/h2-7,10-11,16,18,24,30,33-34H,8-9,12-15,17H2,1H3,(H,35,37)/t24-/m0/s1. The van der Waals surface area contributed by atoms with Crippen LogP contribution in [0.3, 0.4) is 0 Å². The lowest BCUT2D eigenvalue weighted by atomic mass is 10.1. The molecule has 2 saturated heterocycles. The SMILES string of the molecule is Cc1cc(Nc2nccn3c(-c4ccc(OC(F)F)cc4)cnc23)ccc1C(=O)N1CCN(C(=O)[C@@H]2CNCCN2)CC1. The number of piperazine rings is 2. The second-order valence-corrected chi connectivity index (χ2v) is 10.5. The van der Waals surface area contributed by atoms with Gasteiger partial charge in [0.15, 0.2) is 11.5 Å². The summed E-state index contributed by atoms with van der Waals surface area (Å²) in [6, 6.07) is 11.7. The first-order valence-corrected chi connectivity index (χ1v) is 14.1. The number of aryl methyl sites for hydroxylation is 1. The van der Waals surface area contributed by atoms with Gasteiger partial charge in [-0.05, 0) is 55.0 Å². The fraction of sp³-hybridized carbons (Fsp3) is 0.333. The number of ether oxygens (including phenoxy) is 1. The molecule has 0 saturated carbocycles. The number of hydrogen-bond donors (Lipinski definition) is 3. The van der Waals surface area contributed by atoms with Crippen molar-refractivity contribution >= 4 is 29.0 Å². The minimum absolute atomic E-state index is 0.0586. The molecule has 2 aromatic heterocycles. The molecule has 0 radical (unpaired) electrons. The van der Waals surface area contributed by atoms with Crippen molar-refractivity contribution in [3.8, 4) is 17.0 Å². The number of carbonyl (C=O) groups is 2. The predicted octanol–water partition coefficient (Wildman–Crippen LogP) is 2.90. The summed E-state index contributed by atoms with van der Waals surface area (Å²) in [5.41, 5.74) is 4.28. The third kappa shape index (κ3) is 6.13. The van der Waals surface area contributed by atoms with E-state index in [9.17, 15) is 18.4 Å². The average Bonchev–Trinajstić information content (AvgIpc) is 3.46. The molecule has 224 valence electrons. The van der Waals surface area contributed by atoms with Crippen molar-refractivity contribution in [1.82, 2.24) is 34.8 Å². The molecule has 13 heteroatoms. The zero-order chi connectivity index (χ0) is 29.9. The summed E-state index contributed by atoms with van der Waals surface area (Å²) in [5, 5.41) is 9.80. The summed E-state index contributed by atoms with van der Waals surface area (Å²) >= 11 is 0. The topological polar surface area (TPSA) is 116 Å². The molecule has 2 fully saturated rings. The Kier molecular flexibility index (Phi) is 8.16. The van der Waals surface area contributed by atoms with Crippen LogP contribution in [0.25, 0.3) is 16.9 Å². The predicted molar refractivity (Wildman–Crippen MR) is 157 cm³/mol. The molecule has 6 rings (SSSR count). The molecular weight excluding hydrogens is 558 g/mol. The number of amides is 2. The van der Waals surface area contributed by atoms with E-state index in [1.807, 2.05) is 28.4 Å². The first-order valence-electron chi connectivity index (χ1n) is 14.1. The van der Waals surface area contributed by atoms with E-state index in [0.717, 1.165) is 35.6 Å². The van der Waals surface area contributed by atoms with Crippen molar-refractivity contribution in [2.75, 3.05) is 51.1 Å². The lowest BCUT2D eigenvalue weighted by Gasteiger charge is -2.37. The molecule has 0 bridgehead atoms. The zero-order valence-electron chi connectivity index (χ0n) is 23.6. The number of nitrogens with one attached hydrogen (secondary N) is 3. The summed E-state index contributed by atoms with van der Waals surface area (Å²) in [6.07, 6.45) is 5.11. The number of imidazole rings is 1. The van der Waals surface area contributed by atoms with Crippen LogP contribution in [0.5, 0.6) is 5.75 Å². The fourth-order valence-electron chi connectivity index (χ4n) is 5.49. The molecule has 0 aliphatic carbocycles. The average molecular weight is 591 g/mol. The van der Waals surface area contributed by atoms with E-state index in [-0.39, 0.29) is 23.6 Å². The number of benzene rings is 2. The van der Waals surface area contributed by atoms with E-state index in [1.54, 1.807) is 41.7 Å². The largest absolute Gasteiger partial charge is 0.435 e. The van der Waals surface area contributed by atoms with Gasteiger partial charge in [-0.3, -0.25) is 14.0 Å². The van der Waals surface area contributed by atoms with Crippen LogP contribution in [-0.2, 0) is 4.79 Å². The summed E-state index contributed by atoms with van der Waals surface area (Å²) < 4.78 is 31.3. The maximum absolute atomic E-state index is 13.4. The number of hydrogen-bond acceptors (Lipinski definition) is 8. The van der Waals surface area contributed by atoms with Crippen LogP contribution in [0.1, 0.15) is 15.9 Å².